The van der Waals surface area contributed by atoms with Gasteiger partial charge in [-0.15, -0.1) is 0 Å². The molecule has 3 heteroatoms. The average Bonchev–Trinajstić information content (AvgIpc) is 2.59. The number of amides is 1. The number of aromatic nitrogens is 1. The molecule has 0 bridgehead atoms. The molecule has 0 aliphatic heterocycles. The predicted octanol–water partition coefficient (Wildman–Crippen LogP) is 5.10. The maximum Gasteiger partial charge on any atom is 0.224 e. The number of pyridine rings is 1. The number of benzene rings is 2. The van der Waals surface area contributed by atoms with Gasteiger partial charge in [0.1, 0.15) is 0 Å². The molecule has 0 fully saturated rings. The van der Waals surface area contributed by atoms with E-state index in [-0.39, 0.29) is 11.3 Å². The lowest BCUT2D eigenvalue weighted by molar-refractivity contribution is -0.116. The van der Waals surface area contributed by atoms with E-state index in [2.05, 4.69) is 55.3 Å². The molecule has 1 heterocycles. The zero-order chi connectivity index (χ0) is 17.9. The number of anilines is 1. The lowest BCUT2D eigenvalue weighted by Gasteiger charge is -2.19. The van der Waals surface area contributed by atoms with Crippen LogP contribution in [0.2, 0.25) is 0 Å². The van der Waals surface area contributed by atoms with Crippen molar-refractivity contribution < 1.29 is 4.79 Å². The van der Waals surface area contributed by atoms with Gasteiger partial charge in [-0.05, 0) is 47.2 Å². The zero-order valence-corrected chi connectivity index (χ0v) is 15.0. The number of hydrogen-bond acceptors (Lipinski definition) is 2. The summed E-state index contributed by atoms with van der Waals surface area (Å²) in [7, 11) is 0. The number of nitrogens with zero attached hydrogens (tertiary/aromatic N) is 1. The molecular formula is C22H24N2O. The van der Waals surface area contributed by atoms with E-state index < -0.39 is 0 Å². The third-order valence-electron chi connectivity index (χ3n) is 4.35. The molecule has 0 spiro atoms. The number of fused-ring (bicyclic) bond motifs is 1. The molecule has 0 aliphatic rings. The molecule has 0 radical (unpaired) electrons. The van der Waals surface area contributed by atoms with Crippen LogP contribution >= 0.6 is 0 Å². The molecule has 1 amide bonds. The highest BCUT2D eigenvalue weighted by Crippen LogP contribution is 2.22. The predicted molar refractivity (Wildman–Crippen MR) is 104 cm³/mol. The van der Waals surface area contributed by atoms with Gasteiger partial charge >= 0.3 is 0 Å². The van der Waals surface area contributed by atoms with Crippen molar-refractivity contribution in [3.8, 4) is 0 Å². The van der Waals surface area contributed by atoms with Crippen LogP contribution in [0.4, 0.5) is 5.69 Å². The summed E-state index contributed by atoms with van der Waals surface area (Å²) in [5, 5.41) is 4.00. The van der Waals surface area contributed by atoms with Crippen molar-refractivity contribution in [2.45, 2.75) is 39.0 Å². The average molecular weight is 332 g/mol. The minimum atomic E-state index is 0.0307. The van der Waals surface area contributed by atoms with Gasteiger partial charge in [0.15, 0.2) is 0 Å². The Bertz CT molecular complexity index is 876. The highest BCUT2D eigenvalue weighted by molar-refractivity contribution is 5.93. The molecular weight excluding hydrogens is 308 g/mol. The number of rotatable bonds is 4. The van der Waals surface area contributed by atoms with Crippen molar-refractivity contribution >= 4 is 22.5 Å². The van der Waals surface area contributed by atoms with Crippen molar-refractivity contribution in [3.05, 3.63) is 71.9 Å². The monoisotopic (exact) mass is 332 g/mol. The fraction of sp³-hybridized carbons (Fsp3) is 0.273. The van der Waals surface area contributed by atoms with Crippen LogP contribution in [0.3, 0.4) is 0 Å². The maximum absolute atomic E-state index is 12.2. The highest BCUT2D eigenvalue weighted by Gasteiger charge is 2.13. The second-order valence-corrected chi connectivity index (χ2v) is 7.41. The molecule has 3 rings (SSSR count). The summed E-state index contributed by atoms with van der Waals surface area (Å²) in [5.74, 6) is 0.0307. The first kappa shape index (κ1) is 17.2. The van der Waals surface area contributed by atoms with Gasteiger partial charge in [0.2, 0.25) is 5.91 Å². The van der Waals surface area contributed by atoms with Gasteiger partial charge in [-0.2, -0.15) is 0 Å². The van der Waals surface area contributed by atoms with Gasteiger partial charge in [0, 0.05) is 23.7 Å². The summed E-state index contributed by atoms with van der Waals surface area (Å²) in [6.07, 6.45) is 2.98. The second kappa shape index (κ2) is 7.06. The van der Waals surface area contributed by atoms with Crippen LogP contribution in [-0.2, 0) is 16.6 Å². The summed E-state index contributed by atoms with van der Waals surface area (Å²) in [6, 6.07) is 18.2. The molecule has 128 valence electrons. The molecule has 25 heavy (non-hydrogen) atoms. The van der Waals surface area contributed by atoms with Crippen LogP contribution in [0.15, 0.2) is 60.8 Å². The Morgan fingerprint density at radius 2 is 1.80 bits per heavy atom. The third kappa shape index (κ3) is 4.44. The van der Waals surface area contributed by atoms with Crippen molar-refractivity contribution in [2.75, 3.05) is 5.32 Å². The summed E-state index contributed by atoms with van der Waals surface area (Å²) in [4.78, 5) is 16.5. The topological polar surface area (TPSA) is 42.0 Å². The molecule has 0 unspecified atom stereocenters. The molecule has 0 saturated carbocycles. The van der Waals surface area contributed by atoms with Crippen LogP contribution in [0, 0.1) is 0 Å². The molecule has 0 saturated heterocycles. The van der Waals surface area contributed by atoms with Gasteiger partial charge in [0.05, 0.1) is 5.52 Å². The minimum absolute atomic E-state index is 0.0307. The van der Waals surface area contributed by atoms with E-state index >= 15 is 0 Å². The fourth-order valence-electron chi connectivity index (χ4n) is 2.81. The smallest absolute Gasteiger partial charge is 0.224 e. The first-order chi connectivity index (χ1) is 11.9. The van der Waals surface area contributed by atoms with E-state index in [1.165, 1.54) is 11.1 Å². The van der Waals surface area contributed by atoms with Gasteiger partial charge in [-0.3, -0.25) is 9.78 Å². The lowest BCUT2D eigenvalue weighted by Crippen LogP contribution is -2.13. The number of carbonyl (C=O) groups is 1. The Labute approximate surface area is 149 Å². The molecule has 0 aliphatic carbocycles. The standard InChI is InChI=1S/C22H24N2O/c1-22(2,3)18-9-6-16(7-10-18)8-13-21(25)24-19-11-12-20-17(15-19)5-4-14-23-20/h4-7,9-12,14-15H,8,13H2,1-3H3,(H,24,25). The zero-order valence-electron chi connectivity index (χ0n) is 15.0. The van der Waals surface area contributed by atoms with Crippen LogP contribution in [0.25, 0.3) is 10.9 Å². The van der Waals surface area contributed by atoms with E-state index in [4.69, 9.17) is 0 Å². The number of nitrogens with one attached hydrogen (secondary N) is 1. The Morgan fingerprint density at radius 1 is 1.04 bits per heavy atom. The second-order valence-electron chi connectivity index (χ2n) is 7.41. The summed E-state index contributed by atoms with van der Waals surface area (Å²) in [6.45, 7) is 6.61. The van der Waals surface area contributed by atoms with E-state index in [1.807, 2.05) is 30.3 Å². The third-order valence-corrected chi connectivity index (χ3v) is 4.35. The van der Waals surface area contributed by atoms with Crippen LogP contribution in [0.5, 0.6) is 0 Å². The molecule has 1 aromatic heterocycles. The van der Waals surface area contributed by atoms with Crippen LogP contribution in [-0.4, -0.2) is 10.9 Å². The van der Waals surface area contributed by atoms with Crippen molar-refractivity contribution in [1.29, 1.82) is 0 Å². The van der Waals surface area contributed by atoms with Crippen molar-refractivity contribution in [3.63, 3.8) is 0 Å². The SMILES string of the molecule is CC(C)(C)c1ccc(CCC(=O)Nc2ccc3ncccc3c2)cc1. The van der Waals surface area contributed by atoms with Crippen LogP contribution < -0.4 is 5.32 Å². The summed E-state index contributed by atoms with van der Waals surface area (Å²) >= 11 is 0. The Kier molecular flexibility index (Phi) is 4.84. The molecule has 0 atom stereocenters. The molecule has 1 N–H and O–H groups in total. The highest BCUT2D eigenvalue weighted by atomic mass is 16.1. The summed E-state index contributed by atoms with van der Waals surface area (Å²) in [5.41, 5.74) is 4.39. The lowest BCUT2D eigenvalue weighted by atomic mass is 9.86. The Balaban J connectivity index is 1.58. The Morgan fingerprint density at radius 3 is 2.52 bits per heavy atom. The van der Waals surface area contributed by atoms with E-state index in [9.17, 15) is 4.79 Å². The Hall–Kier alpha value is -2.68. The van der Waals surface area contributed by atoms with Gasteiger partial charge in [0.25, 0.3) is 0 Å². The maximum atomic E-state index is 12.2. The first-order valence-electron chi connectivity index (χ1n) is 8.66. The van der Waals surface area contributed by atoms with Crippen molar-refractivity contribution in [1.82, 2.24) is 4.98 Å². The van der Waals surface area contributed by atoms with Gasteiger partial charge in [-0.1, -0.05) is 51.1 Å². The molecule has 3 nitrogen and oxygen atoms in total. The summed E-state index contributed by atoms with van der Waals surface area (Å²) < 4.78 is 0. The largest absolute Gasteiger partial charge is 0.326 e. The number of carbonyl (C=O) groups excluding carboxylic acids is 1. The van der Waals surface area contributed by atoms with Crippen LogP contribution in [0.1, 0.15) is 38.3 Å². The quantitative estimate of drug-likeness (QED) is 0.722. The van der Waals surface area contributed by atoms with E-state index in [0.717, 1.165) is 23.0 Å². The number of hydrogen-bond donors (Lipinski definition) is 1. The fourth-order valence-corrected chi connectivity index (χ4v) is 2.81. The van der Waals surface area contributed by atoms with Gasteiger partial charge < -0.3 is 5.32 Å². The first-order valence-corrected chi connectivity index (χ1v) is 8.66. The number of aryl methyl sites for hydroxylation is 1. The van der Waals surface area contributed by atoms with Crippen molar-refractivity contribution in [2.24, 2.45) is 0 Å². The molecule has 3 aromatic rings. The van der Waals surface area contributed by atoms with E-state index in [1.54, 1.807) is 6.20 Å². The molecule has 2 aromatic carbocycles. The normalized spacial score (nSPS) is 11.5. The van der Waals surface area contributed by atoms with E-state index in [0.29, 0.717) is 6.42 Å². The van der Waals surface area contributed by atoms with Gasteiger partial charge in [-0.25, -0.2) is 0 Å². The minimum Gasteiger partial charge on any atom is -0.326 e.